The van der Waals surface area contributed by atoms with Crippen LogP contribution in [0.3, 0.4) is 0 Å². The van der Waals surface area contributed by atoms with E-state index < -0.39 is 124 Å². The number of aliphatic hydroxyl groups is 11. The minimum absolute atomic E-state index is 0.238. The predicted octanol–water partition coefficient (Wildman–Crippen LogP) is 7.88. The monoisotopic (exact) mass is 1200 g/mol. The molecule has 3 heterocycles. The van der Waals surface area contributed by atoms with Crippen molar-refractivity contribution in [3.63, 3.8) is 0 Å². The topological polar surface area (TPSA) is 307 Å². The summed E-state index contributed by atoms with van der Waals surface area (Å²) in [5.41, 5.74) is 0. The van der Waals surface area contributed by atoms with Crippen LogP contribution < -0.4 is 5.32 Å². The molecular weight excluding hydrogens is 1080 g/mol. The Morgan fingerprint density at radius 3 is 1.19 bits per heavy atom. The van der Waals surface area contributed by atoms with Crippen LogP contribution in [0.4, 0.5) is 0 Å². The molecule has 0 radical (unpaired) electrons. The van der Waals surface area contributed by atoms with Crippen molar-refractivity contribution in [3.8, 4) is 0 Å². The minimum Gasteiger partial charge on any atom is -0.394 e. The standard InChI is InChI=1S/C65H121NO18/c1-3-5-7-9-11-13-15-16-17-18-19-20-21-22-23-24-25-26-27-28-29-30-31-32-33-34-36-38-40-42-49(70)48(66-53(71)43-41-39-37-35-14-12-10-8-6-4-2)47-79-63-59(77)56(74)61(51(45-68)81-63)84-65-60(78)57(75)62(52(46-69)82-65)83-64-58(76)55(73)54(72)50(44-67)80-64/h33-34,40,42,48-52,54-65,67-70,72-78H,3-32,35-39,41,43-47H2,1-2H3,(H,66,71)/b34-33+,42-40+. The summed E-state index contributed by atoms with van der Waals surface area (Å²) in [4.78, 5) is 13.3. The molecule has 0 spiro atoms. The van der Waals surface area contributed by atoms with Gasteiger partial charge in [-0.05, 0) is 32.1 Å². The molecule has 3 aliphatic rings. The van der Waals surface area contributed by atoms with Crippen LogP contribution in [-0.4, -0.2) is 193 Å². The Morgan fingerprint density at radius 1 is 0.417 bits per heavy atom. The number of rotatable bonds is 51. The van der Waals surface area contributed by atoms with E-state index >= 15 is 0 Å². The van der Waals surface area contributed by atoms with E-state index in [0.717, 1.165) is 38.5 Å². The predicted molar refractivity (Wildman–Crippen MR) is 323 cm³/mol. The zero-order chi connectivity index (χ0) is 61.2. The van der Waals surface area contributed by atoms with Gasteiger partial charge in [-0.1, -0.05) is 237 Å². The Kier molecular flexibility index (Phi) is 43.9. The maximum atomic E-state index is 13.3. The lowest BCUT2D eigenvalue weighted by Gasteiger charge is -2.48. The van der Waals surface area contributed by atoms with Gasteiger partial charge in [0.1, 0.15) is 73.2 Å². The van der Waals surface area contributed by atoms with Gasteiger partial charge in [0.25, 0.3) is 0 Å². The van der Waals surface area contributed by atoms with Crippen molar-refractivity contribution in [3.05, 3.63) is 24.3 Å². The summed E-state index contributed by atoms with van der Waals surface area (Å²) in [6, 6.07) is -0.985. The second kappa shape index (κ2) is 48.2. The Bertz CT molecular complexity index is 1630. The molecule has 0 aromatic carbocycles. The number of unbranched alkanes of at least 4 members (excludes halogenated alkanes) is 33. The van der Waals surface area contributed by atoms with Gasteiger partial charge in [-0.3, -0.25) is 4.79 Å². The number of allylic oxidation sites excluding steroid dienone is 3. The molecule has 0 aromatic heterocycles. The molecule has 0 aliphatic carbocycles. The van der Waals surface area contributed by atoms with Gasteiger partial charge in [0, 0.05) is 6.42 Å². The highest BCUT2D eigenvalue weighted by Gasteiger charge is 2.53. The lowest BCUT2D eigenvalue weighted by Crippen LogP contribution is -2.66. The first kappa shape index (κ1) is 76.5. The quantitative estimate of drug-likeness (QED) is 0.0204. The Hall–Kier alpha value is -1.73. The van der Waals surface area contributed by atoms with Gasteiger partial charge in [-0.15, -0.1) is 0 Å². The highest BCUT2D eigenvalue weighted by molar-refractivity contribution is 5.76. The third-order valence-electron chi connectivity index (χ3n) is 17.0. The maximum Gasteiger partial charge on any atom is 0.220 e. The molecule has 3 saturated heterocycles. The summed E-state index contributed by atoms with van der Waals surface area (Å²) < 4.78 is 34.2. The molecule has 3 aliphatic heterocycles. The molecule has 1 amide bonds. The SMILES string of the molecule is CCCCCCCCCCCCCCCCCCCCCCCCC/C=C/CC/C=C/C(O)C(COC1OC(CO)C(OC2OC(CO)C(OC3OC(CO)C(O)C(O)C3O)C(O)C2O)C(O)C1O)NC(=O)CCCCCCCCCCCC. The molecule has 19 heteroatoms. The number of carbonyl (C=O) groups is 1. The van der Waals surface area contributed by atoms with Crippen LogP contribution in [0.25, 0.3) is 0 Å². The Labute approximate surface area is 505 Å². The van der Waals surface area contributed by atoms with Crippen LogP contribution in [0.5, 0.6) is 0 Å². The average Bonchev–Trinajstić information content (AvgIpc) is 3.63. The van der Waals surface area contributed by atoms with E-state index in [0.29, 0.717) is 12.8 Å². The van der Waals surface area contributed by atoms with Crippen LogP contribution in [0.15, 0.2) is 24.3 Å². The van der Waals surface area contributed by atoms with E-state index in [1.165, 1.54) is 180 Å². The van der Waals surface area contributed by atoms with E-state index in [2.05, 4.69) is 31.3 Å². The summed E-state index contributed by atoms with van der Waals surface area (Å²) >= 11 is 0. The summed E-state index contributed by atoms with van der Waals surface area (Å²) in [5.74, 6) is -0.286. The number of carbonyl (C=O) groups excluding carboxylic acids is 1. The first-order valence-electron chi connectivity index (χ1n) is 33.6. The summed E-state index contributed by atoms with van der Waals surface area (Å²) in [7, 11) is 0. The van der Waals surface area contributed by atoms with Gasteiger partial charge in [0.05, 0.1) is 38.6 Å². The lowest BCUT2D eigenvalue weighted by molar-refractivity contribution is -0.379. The largest absolute Gasteiger partial charge is 0.394 e. The van der Waals surface area contributed by atoms with Crippen molar-refractivity contribution in [2.24, 2.45) is 0 Å². The summed E-state index contributed by atoms with van der Waals surface area (Å²) in [5, 5.41) is 120. The van der Waals surface area contributed by atoms with E-state index in [4.69, 9.17) is 28.4 Å². The number of hydrogen-bond donors (Lipinski definition) is 12. The van der Waals surface area contributed by atoms with Crippen LogP contribution in [0, 0.1) is 0 Å². The van der Waals surface area contributed by atoms with Crippen molar-refractivity contribution in [1.82, 2.24) is 5.32 Å². The molecule has 17 atom stereocenters. The number of aliphatic hydroxyl groups excluding tert-OH is 11. The molecule has 19 nitrogen and oxygen atoms in total. The third kappa shape index (κ3) is 30.7. The molecule has 494 valence electrons. The Morgan fingerprint density at radius 2 is 0.762 bits per heavy atom. The van der Waals surface area contributed by atoms with E-state index in [9.17, 15) is 61.0 Å². The fraction of sp³-hybridized carbons (Fsp3) is 0.923. The van der Waals surface area contributed by atoms with Gasteiger partial charge in [0.15, 0.2) is 18.9 Å². The van der Waals surface area contributed by atoms with Gasteiger partial charge < -0.3 is 89.9 Å². The zero-order valence-corrected chi connectivity index (χ0v) is 51.9. The van der Waals surface area contributed by atoms with E-state index in [-0.39, 0.29) is 18.9 Å². The summed E-state index contributed by atoms with van der Waals surface area (Å²) in [6.07, 6.45) is 26.3. The normalized spacial score (nSPS) is 29.3. The fourth-order valence-electron chi connectivity index (χ4n) is 11.5. The first-order valence-corrected chi connectivity index (χ1v) is 33.6. The fourth-order valence-corrected chi connectivity index (χ4v) is 11.5. The number of amides is 1. The smallest absolute Gasteiger partial charge is 0.220 e. The summed E-state index contributed by atoms with van der Waals surface area (Å²) in [6.45, 7) is 1.70. The zero-order valence-electron chi connectivity index (χ0n) is 51.9. The molecule has 0 saturated carbocycles. The molecule has 0 bridgehead atoms. The molecule has 17 unspecified atom stereocenters. The van der Waals surface area contributed by atoms with Crippen molar-refractivity contribution >= 4 is 5.91 Å². The van der Waals surface area contributed by atoms with E-state index in [1.807, 2.05) is 6.08 Å². The highest BCUT2D eigenvalue weighted by Crippen LogP contribution is 2.33. The molecular formula is C65H121NO18. The molecule has 12 N–H and O–H groups in total. The minimum atomic E-state index is -1.98. The van der Waals surface area contributed by atoms with Gasteiger partial charge >= 0.3 is 0 Å². The van der Waals surface area contributed by atoms with Crippen LogP contribution in [0.2, 0.25) is 0 Å². The van der Waals surface area contributed by atoms with Gasteiger partial charge in [-0.2, -0.15) is 0 Å². The van der Waals surface area contributed by atoms with Crippen molar-refractivity contribution < 1.29 is 89.4 Å². The Balaban J connectivity index is 1.40. The highest BCUT2D eigenvalue weighted by atomic mass is 16.8. The molecule has 3 fully saturated rings. The number of hydrogen-bond acceptors (Lipinski definition) is 18. The number of ether oxygens (including phenoxy) is 6. The maximum absolute atomic E-state index is 13.3. The second-order valence-electron chi connectivity index (χ2n) is 24.3. The van der Waals surface area contributed by atoms with Crippen LogP contribution in [0.1, 0.15) is 251 Å². The number of nitrogens with one attached hydrogen (secondary N) is 1. The third-order valence-corrected chi connectivity index (χ3v) is 17.0. The van der Waals surface area contributed by atoms with Crippen LogP contribution in [-0.2, 0) is 33.2 Å². The first-order chi connectivity index (χ1) is 40.8. The van der Waals surface area contributed by atoms with E-state index in [1.54, 1.807) is 6.08 Å². The lowest BCUT2D eigenvalue weighted by atomic mass is 9.96. The molecule has 0 aromatic rings. The molecule has 84 heavy (non-hydrogen) atoms. The second-order valence-corrected chi connectivity index (χ2v) is 24.3. The molecule has 3 rings (SSSR count). The van der Waals surface area contributed by atoms with Gasteiger partial charge in [-0.25, -0.2) is 0 Å². The van der Waals surface area contributed by atoms with Crippen molar-refractivity contribution in [2.45, 2.75) is 356 Å². The van der Waals surface area contributed by atoms with Crippen LogP contribution >= 0.6 is 0 Å². The average molecular weight is 1200 g/mol. The van der Waals surface area contributed by atoms with Crippen molar-refractivity contribution in [2.75, 3.05) is 26.4 Å². The van der Waals surface area contributed by atoms with Gasteiger partial charge in [0.2, 0.25) is 5.91 Å². The van der Waals surface area contributed by atoms with Crippen molar-refractivity contribution in [1.29, 1.82) is 0 Å².